The first-order valence-corrected chi connectivity index (χ1v) is 8.27. The minimum atomic E-state index is -0.939. The lowest BCUT2D eigenvalue weighted by atomic mass is 9.88. The molecule has 0 radical (unpaired) electrons. The van der Waals surface area contributed by atoms with Gasteiger partial charge in [0.1, 0.15) is 6.61 Å². The van der Waals surface area contributed by atoms with Gasteiger partial charge in [0.15, 0.2) is 0 Å². The van der Waals surface area contributed by atoms with Gasteiger partial charge in [-0.3, -0.25) is 4.79 Å². The average molecular weight is 319 g/mol. The predicted octanol–water partition coefficient (Wildman–Crippen LogP) is 2.64. The van der Waals surface area contributed by atoms with E-state index in [1.807, 2.05) is 6.07 Å². The quantitative estimate of drug-likeness (QED) is 0.810. The summed E-state index contributed by atoms with van der Waals surface area (Å²) in [4.78, 5) is 22.7. The van der Waals surface area contributed by atoms with E-state index in [2.05, 4.69) is 12.2 Å². The van der Waals surface area contributed by atoms with Gasteiger partial charge < -0.3 is 15.2 Å². The van der Waals surface area contributed by atoms with Crippen molar-refractivity contribution in [1.29, 1.82) is 0 Å². The fourth-order valence-corrected chi connectivity index (χ4v) is 2.97. The molecule has 1 aliphatic carbocycles. The van der Waals surface area contributed by atoms with Gasteiger partial charge in [0, 0.05) is 6.54 Å². The fourth-order valence-electron chi connectivity index (χ4n) is 2.97. The number of amides is 1. The molecule has 1 amide bonds. The largest absolute Gasteiger partial charge is 0.478 e. The molecule has 0 saturated heterocycles. The van der Waals surface area contributed by atoms with Crippen LogP contribution in [0.15, 0.2) is 24.3 Å². The Bertz CT molecular complexity index is 544. The van der Waals surface area contributed by atoms with Crippen molar-refractivity contribution in [3.05, 3.63) is 35.4 Å². The third-order valence-electron chi connectivity index (χ3n) is 4.37. The van der Waals surface area contributed by atoms with E-state index in [4.69, 9.17) is 9.84 Å². The minimum absolute atomic E-state index is 0.101. The Hall–Kier alpha value is -1.88. The van der Waals surface area contributed by atoms with Gasteiger partial charge >= 0.3 is 5.97 Å². The van der Waals surface area contributed by atoms with Gasteiger partial charge in [0.2, 0.25) is 5.91 Å². The zero-order chi connectivity index (χ0) is 16.7. The standard InChI is InChI=1S/C18H25NO4/c1-13-5-2-3-8-16(13)23-12-17(20)19-10-9-14-6-4-7-15(11-14)18(21)22/h4,6-7,11,13,16H,2-3,5,8-10,12H2,1H3,(H,19,20)(H,21,22). The lowest BCUT2D eigenvalue weighted by molar-refractivity contribution is -0.129. The molecular weight excluding hydrogens is 294 g/mol. The molecule has 23 heavy (non-hydrogen) atoms. The summed E-state index contributed by atoms with van der Waals surface area (Å²) >= 11 is 0. The maximum atomic E-state index is 11.8. The maximum Gasteiger partial charge on any atom is 0.335 e. The van der Waals surface area contributed by atoms with Gasteiger partial charge in [-0.25, -0.2) is 4.79 Å². The minimum Gasteiger partial charge on any atom is -0.478 e. The van der Waals surface area contributed by atoms with E-state index in [1.54, 1.807) is 18.2 Å². The van der Waals surface area contributed by atoms with Crippen molar-refractivity contribution in [1.82, 2.24) is 5.32 Å². The van der Waals surface area contributed by atoms with E-state index in [9.17, 15) is 9.59 Å². The molecule has 2 unspecified atom stereocenters. The van der Waals surface area contributed by atoms with E-state index in [0.717, 1.165) is 12.0 Å². The number of carbonyl (C=O) groups is 2. The Balaban J connectivity index is 1.68. The second kappa shape index (κ2) is 8.67. The van der Waals surface area contributed by atoms with Crippen LogP contribution in [0.5, 0.6) is 0 Å². The molecule has 1 saturated carbocycles. The van der Waals surface area contributed by atoms with Gasteiger partial charge in [0.25, 0.3) is 0 Å². The number of aromatic carboxylic acids is 1. The molecule has 1 aromatic carbocycles. The first-order valence-electron chi connectivity index (χ1n) is 8.27. The molecule has 1 aliphatic rings. The second-order valence-electron chi connectivity index (χ2n) is 6.22. The highest BCUT2D eigenvalue weighted by molar-refractivity contribution is 5.87. The van der Waals surface area contributed by atoms with Crippen molar-refractivity contribution >= 4 is 11.9 Å². The van der Waals surface area contributed by atoms with Crippen molar-refractivity contribution in [2.45, 2.75) is 45.1 Å². The van der Waals surface area contributed by atoms with Crippen LogP contribution in [0.2, 0.25) is 0 Å². The number of hydrogen-bond acceptors (Lipinski definition) is 3. The van der Waals surface area contributed by atoms with Crippen LogP contribution >= 0.6 is 0 Å². The van der Waals surface area contributed by atoms with Crippen molar-refractivity contribution in [2.24, 2.45) is 5.92 Å². The van der Waals surface area contributed by atoms with Crippen molar-refractivity contribution < 1.29 is 19.4 Å². The van der Waals surface area contributed by atoms with Crippen molar-refractivity contribution in [2.75, 3.05) is 13.2 Å². The van der Waals surface area contributed by atoms with E-state index in [1.165, 1.54) is 19.3 Å². The number of carboxylic acid groups (broad SMARTS) is 1. The highest BCUT2D eigenvalue weighted by Gasteiger charge is 2.22. The summed E-state index contributed by atoms with van der Waals surface area (Å²) in [5.41, 5.74) is 1.16. The normalized spacial score (nSPS) is 20.9. The van der Waals surface area contributed by atoms with Crippen LogP contribution in [-0.2, 0) is 16.0 Å². The predicted molar refractivity (Wildman–Crippen MR) is 87.5 cm³/mol. The molecule has 0 heterocycles. The van der Waals surface area contributed by atoms with E-state index < -0.39 is 5.97 Å². The number of carboxylic acids is 1. The molecule has 0 aromatic heterocycles. The average Bonchev–Trinajstić information content (AvgIpc) is 2.54. The summed E-state index contributed by atoms with van der Waals surface area (Å²) in [6.45, 7) is 2.76. The summed E-state index contributed by atoms with van der Waals surface area (Å²) in [5, 5.41) is 11.8. The Labute approximate surface area is 137 Å². The van der Waals surface area contributed by atoms with Crippen LogP contribution in [0.1, 0.15) is 48.5 Å². The van der Waals surface area contributed by atoms with Gasteiger partial charge in [-0.05, 0) is 42.9 Å². The topological polar surface area (TPSA) is 75.6 Å². The fraction of sp³-hybridized carbons (Fsp3) is 0.556. The summed E-state index contributed by atoms with van der Waals surface area (Å²) in [7, 11) is 0. The van der Waals surface area contributed by atoms with Gasteiger partial charge in [-0.15, -0.1) is 0 Å². The summed E-state index contributed by atoms with van der Waals surface area (Å²) in [5.74, 6) is -0.529. The molecule has 5 heteroatoms. The number of hydrogen-bond donors (Lipinski definition) is 2. The lowest BCUT2D eigenvalue weighted by Crippen LogP contribution is -2.34. The number of carbonyl (C=O) groups excluding carboxylic acids is 1. The maximum absolute atomic E-state index is 11.8. The van der Waals surface area contributed by atoms with Gasteiger partial charge in [-0.1, -0.05) is 31.9 Å². The number of rotatable bonds is 7. The Morgan fingerprint density at radius 2 is 2.09 bits per heavy atom. The monoisotopic (exact) mass is 319 g/mol. The van der Waals surface area contributed by atoms with Crippen LogP contribution in [0.4, 0.5) is 0 Å². The first kappa shape index (κ1) is 17.5. The molecule has 5 nitrogen and oxygen atoms in total. The Morgan fingerprint density at radius 3 is 2.83 bits per heavy atom. The first-order chi connectivity index (χ1) is 11.1. The molecule has 0 spiro atoms. The molecular formula is C18H25NO4. The summed E-state index contributed by atoms with van der Waals surface area (Å²) < 4.78 is 5.72. The zero-order valence-electron chi connectivity index (χ0n) is 13.6. The van der Waals surface area contributed by atoms with Crippen LogP contribution in [0, 0.1) is 5.92 Å². The van der Waals surface area contributed by atoms with Crippen LogP contribution < -0.4 is 5.32 Å². The van der Waals surface area contributed by atoms with Crippen LogP contribution in [-0.4, -0.2) is 36.2 Å². The number of ether oxygens (including phenoxy) is 1. The third kappa shape index (κ3) is 5.67. The highest BCUT2D eigenvalue weighted by atomic mass is 16.5. The third-order valence-corrected chi connectivity index (χ3v) is 4.37. The smallest absolute Gasteiger partial charge is 0.335 e. The molecule has 2 rings (SSSR count). The molecule has 0 bridgehead atoms. The summed E-state index contributed by atoms with van der Waals surface area (Å²) in [6, 6.07) is 6.77. The molecule has 1 aromatic rings. The molecule has 0 aliphatic heterocycles. The van der Waals surface area contributed by atoms with Crippen LogP contribution in [0.3, 0.4) is 0 Å². The molecule has 126 valence electrons. The highest BCUT2D eigenvalue weighted by Crippen LogP contribution is 2.26. The summed E-state index contributed by atoms with van der Waals surface area (Å²) in [6.07, 6.45) is 5.44. The SMILES string of the molecule is CC1CCCCC1OCC(=O)NCCc1cccc(C(=O)O)c1. The van der Waals surface area contributed by atoms with Gasteiger partial charge in [0.05, 0.1) is 11.7 Å². The lowest BCUT2D eigenvalue weighted by Gasteiger charge is -2.28. The molecule has 1 fully saturated rings. The molecule has 2 N–H and O–H groups in total. The number of benzene rings is 1. The second-order valence-corrected chi connectivity index (χ2v) is 6.22. The number of nitrogens with one attached hydrogen (secondary N) is 1. The van der Waals surface area contributed by atoms with E-state index in [-0.39, 0.29) is 24.2 Å². The molecule has 2 atom stereocenters. The van der Waals surface area contributed by atoms with Crippen molar-refractivity contribution in [3.63, 3.8) is 0 Å². The zero-order valence-corrected chi connectivity index (χ0v) is 13.6. The van der Waals surface area contributed by atoms with E-state index >= 15 is 0 Å². The van der Waals surface area contributed by atoms with Crippen LogP contribution in [0.25, 0.3) is 0 Å². The van der Waals surface area contributed by atoms with Crippen molar-refractivity contribution in [3.8, 4) is 0 Å². The Kier molecular flexibility index (Phi) is 6.59. The Morgan fingerprint density at radius 1 is 1.30 bits per heavy atom. The van der Waals surface area contributed by atoms with Gasteiger partial charge in [-0.2, -0.15) is 0 Å². The van der Waals surface area contributed by atoms with E-state index in [0.29, 0.717) is 18.9 Å².